The van der Waals surface area contributed by atoms with Crippen molar-refractivity contribution in [3.05, 3.63) is 392 Å². The molecule has 6 N–H and O–H groups in total. The molecule has 8 atom stereocenters. The summed E-state index contributed by atoms with van der Waals surface area (Å²) in [5.41, 5.74) is 11.7. The van der Waals surface area contributed by atoms with E-state index in [4.69, 9.17) is 67.8 Å². The van der Waals surface area contributed by atoms with Gasteiger partial charge in [0.05, 0.1) is 22.3 Å². The van der Waals surface area contributed by atoms with Gasteiger partial charge in [0.1, 0.15) is 58.9 Å². The Balaban J connectivity index is 0.000000331. The molecule has 1 fully saturated rings. The van der Waals surface area contributed by atoms with Gasteiger partial charge in [0, 0.05) is 95.4 Å². The van der Waals surface area contributed by atoms with Crippen LogP contribution in [0.25, 0.3) is 0 Å². The predicted octanol–water partition coefficient (Wildman–Crippen LogP) is 27.3. The maximum Gasteiger partial charge on any atom is 0.416 e. The summed E-state index contributed by atoms with van der Waals surface area (Å²) >= 11 is 11.8. The van der Waals surface area contributed by atoms with E-state index in [2.05, 4.69) is 10.6 Å². The Morgan fingerprint density at radius 2 is 0.511 bits per heavy atom. The topological polar surface area (TPSA) is 209 Å². The maximum absolute atomic E-state index is 13.2. The van der Waals surface area contributed by atoms with Crippen molar-refractivity contribution in [1.82, 2.24) is 10.6 Å². The highest BCUT2D eigenvalue weighted by molar-refractivity contribution is 7.59. The monoisotopic (exact) mass is 2040 g/mol. The van der Waals surface area contributed by atoms with Gasteiger partial charge in [-0.2, -0.15) is 107 Å². The van der Waals surface area contributed by atoms with Gasteiger partial charge in [-0.3, -0.25) is 19.2 Å². The molecule has 0 aliphatic carbocycles. The lowest BCUT2D eigenvalue weighted by molar-refractivity contribution is -0.138. The fourth-order valence-electron chi connectivity index (χ4n) is 13.5. The Bertz CT molecular complexity index is 5290. The number of amides is 2. The highest BCUT2D eigenvalue weighted by atomic mass is 35.5. The average Bonchev–Trinajstić information content (AvgIpc) is 1.16. The van der Waals surface area contributed by atoms with Crippen molar-refractivity contribution in [1.29, 1.82) is 0 Å². The minimum absolute atomic E-state index is 0. The molecule has 13 rings (SSSR count). The standard InChI is InChI=1S/2C34H31ClF3NO4.2C17H18F3NO.C4H8O.4H2S/c2*1-22(21-30(23-7-5-4-6-8-23)42-28-19-13-26(14-20-28)34(36,37)38)39-32(41)33(2,3)43-29-17-11-25(12-18-29)31(40)24-9-15-27(35)16-10-24;2*1-12(21)11-16(13-5-3-2-4-6-13)22-15-9-7-14(8-10-15)17(18,19)20;1-2-4-5-3-1;;;;/h2*4-20,22,30H,21H2,1-3H3,(H,39,41);2*2-10,12,16H,11,21H2,1H3;1-4H2;4*1H2/t2*22-,30-;2*12-,16-;;;;;/m1010...../s1. The molecule has 33 heteroatoms. The number of rotatable bonds is 32. The number of ketones is 2. The van der Waals surface area contributed by atoms with Gasteiger partial charge in [0.2, 0.25) is 0 Å². The number of alkyl halides is 12. The molecule has 0 aromatic heterocycles. The molecule has 12 aromatic rings. The summed E-state index contributed by atoms with van der Waals surface area (Å²) in [6.07, 6.45) is -14.9. The average molecular weight is 2050 g/mol. The van der Waals surface area contributed by atoms with E-state index in [-0.39, 0.29) is 125 Å². The Hall–Kier alpha value is -11.3. The predicted molar refractivity (Wildman–Crippen MR) is 540 cm³/mol. The number of carbonyl (C=O) groups excluding carboxylic acids is 4. The largest absolute Gasteiger partial charge is 0.486 e. The van der Waals surface area contributed by atoms with Gasteiger partial charge in [-0.15, -0.1) is 0 Å². The summed E-state index contributed by atoms with van der Waals surface area (Å²) in [6, 6.07) is 81.3. The van der Waals surface area contributed by atoms with Gasteiger partial charge >= 0.3 is 24.7 Å². The smallest absolute Gasteiger partial charge is 0.416 e. The molecule has 0 spiro atoms. The van der Waals surface area contributed by atoms with E-state index in [1.165, 1.54) is 61.4 Å². The molecule has 0 unspecified atom stereocenters. The summed E-state index contributed by atoms with van der Waals surface area (Å²) in [5, 5.41) is 6.99. The van der Waals surface area contributed by atoms with Crippen LogP contribution in [0, 0.1) is 0 Å². The van der Waals surface area contributed by atoms with Crippen LogP contribution in [0.5, 0.6) is 34.5 Å². The Morgan fingerprint density at radius 1 is 0.309 bits per heavy atom. The van der Waals surface area contributed by atoms with Crippen LogP contribution in [0.4, 0.5) is 52.7 Å². The minimum atomic E-state index is -4.44. The zero-order valence-corrected chi connectivity index (χ0v) is 82.7. The van der Waals surface area contributed by atoms with E-state index in [1.54, 1.807) is 125 Å². The number of hydrogen-bond donors (Lipinski definition) is 4. The van der Waals surface area contributed by atoms with Crippen molar-refractivity contribution < 1.29 is 105 Å². The summed E-state index contributed by atoms with van der Waals surface area (Å²) in [6.45, 7) is 15.9. The molecule has 2 amide bonds. The van der Waals surface area contributed by atoms with Crippen LogP contribution in [-0.4, -0.2) is 72.0 Å². The molecule has 1 aliphatic heterocycles. The first-order valence-electron chi connectivity index (χ1n) is 43.3. The number of nitrogens with one attached hydrogen (secondary N) is 2. The molecule has 15 nitrogen and oxygen atoms in total. The Kier molecular flexibility index (Phi) is 47.3. The molecule has 1 aliphatic rings. The molecule has 1 heterocycles. The third kappa shape index (κ3) is 39.4. The van der Waals surface area contributed by atoms with Crippen LogP contribution in [0.2, 0.25) is 10.0 Å². The van der Waals surface area contributed by atoms with E-state index in [1.807, 2.05) is 149 Å². The van der Waals surface area contributed by atoms with E-state index in [9.17, 15) is 71.9 Å². The zero-order valence-electron chi connectivity index (χ0n) is 77.2. The van der Waals surface area contributed by atoms with Gasteiger partial charge < -0.3 is 55.3 Å². The van der Waals surface area contributed by atoms with Crippen LogP contribution < -0.4 is 50.5 Å². The van der Waals surface area contributed by atoms with E-state index < -0.39 is 70.4 Å². The first-order valence-corrected chi connectivity index (χ1v) is 44.1. The first kappa shape index (κ1) is 118. The quantitative estimate of drug-likeness (QED) is 0.0229. The summed E-state index contributed by atoms with van der Waals surface area (Å²) in [4.78, 5) is 51.9. The minimum Gasteiger partial charge on any atom is -0.486 e. The van der Waals surface area contributed by atoms with Crippen molar-refractivity contribution in [2.45, 2.75) is 178 Å². The molecule has 746 valence electrons. The fourth-order valence-corrected chi connectivity index (χ4v) is 13.8. The number of nitrogens with two attached hydrogens (primary N) is 2. The maximum atomic E-state index is 13.2. The van der Waals surface area contributed by atoms with Gasteiger partial charge in [0.25, 0.3) is 11.8 Å². The molecule has 139 heavy (non-hydrogen) atoms. The third-order valence-corrected chi connectivity index (χ3v) is 21.2. The molecule has 0 bridgehead atoms. The third-order valence-electron chi connectivity index (χ3n) is 20.7. The van der Waals surface area contributed by atoms with Crippen molar-refractivity contribution in [2.24, 2.45) is 11.5 Å². The van der Waals surface area contributed by atoms with E-state index >= 15 is 0 Å². The van der Waals surface area contributed by atoms with Crippen molar-refractivity contribution >= 4 is 101 Å². The van der Waals surface area contributed by atoms with E-state index in [0.717, 1.165) is 84.0 Å². The van der Waals surface area contributed by atoms with Gasteiger partial charge in [-0.25, -0.2) is 0 Å². The van der Waals surface area contributed by atoms with Crippen LogP contribution in [0.1, 0.15) is 195 Å². The van der Waals surface area contributed by atoms with Crippen molar-refractivity contribution in [3.63, 3.8) is 0 Å². The molecule has 0 saturated carbocycles. The van der Waals surface area contributed by atoms with E-state index in [0.29, 0.717) is 81.0 Å². The summed E-state index contributed by atoms with van der Waals surface area (Å²) in [7, 11) is 0. The lowest BCUT2D eigenvalue weighted by Crippen LogP contribution is -2.49. The van der Waals surface area contributed by atoms with Gasteiger partial charge in [0.15, 0.2) is 22.8 Å². The second-order valence-electron chi connectivity index (χ2n) is 33.1. The zero-order chi connectivity index (χ0) is 98.3. The van der Waals surface area contributed by atoms with Gasteiger partial charge in [-0.05, 0) is 285 Å². The van der Waals surface area contributed by atoms with Crippen molar-refractivity contribution in [2.75, 3.05) is 13.2 Å². The number of carbonyl (C=O) groups is 4. The van der Waals surface area contributed by atoms with Gasteiger partial charge in [-0.1, -0.05) is 145 Å². The Morgan fingerprint density at radius 3 is 0.705 bits per heavy atom. The normalized spacial score (nSPS) is 13.5. The number of ether oxygens (including phenoxy) is 7. The lowest BCUT2D eigenvalue weighted by atomic mass is 10.0. The highest BCUT2D eigenvalue weighted by Crippen LogP contribution is 2.39. The number of halogens is 14. The molecule has 12 aromatic carbocycles. The second-order valence-corrected chi connectivity index (χ2v) is 33.9. The lowest BCUT2D eigenvalue weighted by Gasteiger charge is -2.29. The fraction of sp³-hybridized carbons (Fsp3) is 0.283. The Labute approximate surface area is 840 Å². The van der Waals surface area contributed by atoms with Crippen LogP contribution in [0.3, 0.4) is 0 Å². The first-order chi connectivity index (χ1) is 63.8. The molecule has 0 radical (unpaired) electrons. The SMILES string of the molecule is C1CCOC1.C[C@@H](C[C@H](Oc1ccc(C(F)(F)F)cc1)c1ccccc1)NC(=O)C(C)(C)Oc1ccc(C(=O)c2ccc(Cl)cc2)cc1.C[C@@H](N)C[C@@H](Oc1ccc(C(F)(F)F)cc1)c1ccccc1.C[C@H](C[C@@H](Oc1ccc(C(F)(F)F)cc1)c1ccccc1)NC(=O)C(C)(C)Oc1ccc(C(=O)c2ccc(Cl)cc2)cc1.C[C@H](N)C[C@H](Oc1ccc(C(F)(F)F)cc1)c1ccccc1.S.S.S.S. The summed E-state index contributed by atoms with van der Waals surface area (Å²) in [5.74, 6) is 1.09. The molecular weight excluding hydrogens is 1930 g/mol. The number of hydrogen-bond acceptors (Lipinski definition) is 13. The van der Waals surface area contributed by atoms with Crippen LogP contribution >= 0.6 is 77.2 Å². The summed E-state index contributed by atoms with van der Waals surface area (Å²) < 4.78 is 194. The van der Waals surface area contributed by atoms with Crippen molar-refractivity contribution in [3.8, 4) is 34.5 Å². The highest BCUT2D eigenvalue weighted by Gasteiger charge is 2.37. The number of benzene rings is 12. The van der Waals surface area contributed by atoms with Crippen LogP contribution in [0.15, 0.2) is 315 Å². The molecular formula is C106H114Cl2F12N4O11S4. The molecule has 1 saturated heterocycles. The van der Waals surface area contributed by atoms with Crippen LogP contribution in [-0.2, 0) is 39.0 Å². The second kappa shape index (κ2) is 55.7.